The molecule has 0 aliphatic carbocycles. The van der Waals surface area contributed by atoms with Crippen molar-refractivity contribution in [3.63, 3.8) is 0 Å². The Hall–Kier alpha value is -1.07. The van der Waals surface area contributed by atoms with E-state index in [0.717, 1.165) is 23.1 Å². The number of rotatable bonds is 3. The van der Waals surface area contributed by atoms with Crippen molar-refractivity contribution in [1.82, 2.24) is 10.6 Å². The van der Waals surface area contributed by atoms with Crippen molar-refractivity contribution in [1.29, 1.82) is 0 Å². The van der Waals surface area contributed by atoms with Crippen LogP contribution in [0, 0.1) is 0 Å². The molecule has 19 heavy (non-hydrogen) atoms. The third-order valence-corrected chi connectivity index (χ3v) is 3.95. The van der Waals surface area contributed by atoms with Crippen molar-refractivity contribution in [2.24, 2.45) is 0 Å². The standard InChI is InChI=1S/C14H20BrN3O/c1-10-7-8-18(12-5-3-11(15)4-6-12)13(9-16-2)14(19)17-10/h3-6,10,13,16H,7-9H2,1-2H3,(H,17,19). The van der Waals surface area contributed by atoms with Gasteiger partial charge in [0.1, 0.15) is 6.04 Å². The zero-order valence-corrected chi connectivity index (χ0v) is 12.9. The number of nitrogens with zero attached hydrogens (tertiary/aromatic N) is 1. The summed E-state index contributed by atoms with van der Waals surface area (Å²) in [6.45, 7) is 3.59. The summed E-state index contributed by atoms with van der Waals surface area (Å²) >= 11 is 3.44. The van der Waals surface area contributed by atoms with E-state index in [4.69, 9.17) is 0 Å². The van der Waals surface area contributed by atoms with Crippen molar-refractivity contribution in [3.8, 4) is 0 Å². The third-order valence-electron chi connectivity index (χ3n) is 3.43. The van der Waals surface area contributed by atoms with Crippen LogP contribution < -0.4 is 15.5 Å². The predicted molar refractivity (Wildman–Crippen MR) is 81.4 cm³/mol. The molecule has 1 aromatic rings. The molecular weight excluding hydrogens is 306 g/mol. The van der Waals surface area contributed by atoms with Crippen molar-refractivity contribution >= 4 is 27.5 Å². The van der Waals surface area contributed by atoms with Gasteiger partial charge in [-0.3, -0.25) is 4.79 Å². The molecule has 5 heteroatoms. The largest absolute Gasteiger partial charge is 0.358 e. The van der Waals surface area contributed by atoms with Gasteiger partial charge in [0.15, 0.2) is 0 Å². The molecule has 2 atom stereocenters. The molecule has 1 saturated heterocycles. The molecule has 1 amide bonds. The Balaban J connectivity index is 2.27. The maximum atomic E-state index is 12.3. The first-order chi connectivity index (χ1) is 9.11. The number of amides is 1. The quantitative estimate of drug-likeness (QED) is 0.890. The van der Waals surface area contributed by atoms with Gasteiger partial charge in [-0.1, -0.05) is 15.9 Å². The smallest absolute Gasteiger partial charge is 0.244 e. The van der Waals surface area contributed by atoms with Gasteiger partial charge in [-0.05, 0) is 44.7 Å². The highest BCUT2D eigenvalue weighted by molar-refractivity contribution is 9.10. The summed E-state index contributed by atoms with van der Waals surface area (Å²) in [5, 5.41) is 6.17. The van der Waals surface area contributed by atoms with Crippen molar-refractivity contribution in [2.45, 2.75) is 25.4 Å². The molecule has 2 unspecified atom stereocenters. The highest BCUT2D eigenvalue weighted by Crippen LogP contribution is 2.22. The molecule has 1 aromatic carbocycles. The number of hydrogen-bond donors (Lipinski definition) is 2. The lowest BCUT2D eigenvalue weighted by Crippen LogP contribution is -2.50. The minimum absolute atomic E-state index is 0.0993. The van der Waals surface area contributed by atoms with Gasteiger partial charge in [0.25, 0.3) is 0 Å². The molecule has 2 N–H and O–H groups in total. The summed E-state index contributed by atoms with van der Waals surface area (Å²) in [5.41, 5.74) is 1.09. The molecule has 4 nitrogen and oxygen atoms in total. The van der Waals surface area contributed by atoms with Crippen molar-refractivity contribution in [3.05, 3.63) is 28.7 Å². The lowest BCUT2D eigenvalue weighted by Gasteiger charge is -2.30. The van der Waals surface area contributed by atoms with Crippen molar-refractivity contribution < 1.29 is 4.79 Å². The Kier molecular flexibility index (Phi) is 4.82. The van der Waals surface area contributed by atoms with Crippen LogP contribution >= 0.6 is 15.9 Å². The maximum absolute atomic E-state index is 12.3. The average Bonchev–Trinajstić information content (AvgIpc) is 2.51. The molecule has 0 spiro atoms. The van der Waals surface area contributed by atoms with Gasteiger partial charge in [-0.25, -0.2) is 0 Å². The average molecular weight is 326 g/mol. The Morgan fingerprint density at radius 2 is 2.11 bits per heavy atom. The fourth-order valence-electron chi connectivity index (χ4n) is 2.38. The fraction of sp³-hybridized carbons (Fsp3) is 0.500. The van der Waals surface area contributed by atoms with E-state index in [9.17, 15) is 4.79 Å². The first-order valence-corrected chi connectivity index (χ1v) is 7.38. The molecule has 0 bridgehead atoms. The van der Waals surface area contributed by atoms with Crippen LogP contribution in [0.1, 0.15) is 13.3 Å². The van der Waals surface area contributed by atoms with Crippen LogP contribution in [-0.4, -0.2) is 38.1 Å². The van der Waals surface area contributed by atoms with E-state index in [1.807, 2.05) is 19.2 Å². The zero-order chi connectivity index (χ0) is 13.8. The van der Waals surface area contributed by atoms with Gasteiger partial charge in [-0.15, -0.1) is 0 Å². The summed E-state index contributed by atoms with van der Waals surface area (Å²) in [4.78, 5) is 14.4. The Morgan fingerprint density at radius 3 is 2.74 bits per heavy atom. The maximum Gasteiger partial charge on any atom is 0.244 e. The van der Waals surface area contributed by atoms with Crippen LogP contribution in [-0.2, 0) is 4.79 Å². The minimum atomic E-state index is -0.156. The molecule has 1 aliphatic rings. The Labute approximate surface area is 122 Å². The third kappa shape index (κ3) is 3.48. The predicted octanol–water partition coefficient (Wildman–Crippen LogP) is 1.75. The summed E-state index contributed by atoms with van der Waals surface area (Å²) in [5.74, 6) is 0.0993. The first kappa shape index (κ1) is 14.3. The van der Waals surface area contributed by atoms with Gasteiger partial charge < -0.3 is 15.5 Å². The SMILES string of the molecule is CNCC1C(=O)NC(C)CCN1c1ccc(Br)cc1. The number of anilines is 1. The highest BCUT2D eigenvalue weighted by atomic mass is 79.9. The topological polar surface area (TPSA) is 44.4 Å². The molecule has 104 valence electrons. The van der Waals surface area contributed by atoms with Crippen LogP contribution in [0.25, 0.3) is 0 Å². The van der Waals surface area contributed by atoms with E-state index in [1.54, 1.807) is 0 Å². The van der Waals surface area contributed by atoms with E-state index in [2.05, 4.69) is 50.5 Å². The van der Waals surface area contributed by atoms with Crippen LogP contribution in [0.15, 0.2) is 28.7 Å². The number of carbonyl (C=O) groups is 1. The summed E-state index contributed by atoms with van der Waals surface area (Å²) in [6.07, 6.45) is 0.960. The second-order valence-corrected chi connectivity index (χ2v) is 5.86. The van der Waals surface area contributed by atoms with Gasteiger partial charge >= 0.3 is 0 Å². The van der Waals surface area contributed by atoms with Crippen LogP contribution in [0.2, 0.25) is 0 Å². The molecule has 1 heterocycles. The lowest BCUT2D eigenvalue weighted by molar-refractivity contribution is -0.122. The molecule has 2 rings (SSSR count). The number of hydrogen-bond acceptors (Lipinski definition) is 3. The monoisotopic (exact) mass is 325 g/mol. The Bertz CT molecular complexity index is 435. The summed E-state index contributed by atoms with van der Waals surface area (Å²) in [6, 6.07) is 8.20. The molecule has 1 aliphatic heterocycles. The molecule has 0 aromatic heterocycles. The van der Waals surface area contributed by atoms with Gasteiger partial charge in [0.05, 0.1) is 0 Å². The number of nitrogens with one attached hydrogen (secondary N) is 2. The second-order valence-electron chi connectivity index (χ2n) is 4.94. The van der Waals surface area contributed by atoms with Crippen LogP contribution in [0.4, 0.5) is 5.69 Å². The van der Waals surface area contributed by atoms with Crippen LogP contribution in [0.5, 0.6) is 0 Å². The summed E-state index contributed by atoms with van der Waals surface area (Å²) < 4.78 is 1.05. The van der Waals surface area contributed by atoms with E-state index < -0.39 is 0 Å². The van der Waals surface area contributed by atoms with Crippen molar-refractivity contribution in [2.75, 3.05) is 25.0 Å². The number of likely N-dealkylation sites (N-methyl/N-ethyl adjacent to an activating group) is 1. The molecule has 0 saturated carbocycles. The molecule has 0 radical (unpaired) electrons. The normalized spacial score (nSPS) is 23.9. The summed E-state index contributed by atoms with van der Waals surface area (Å²) in [7, 11) is 1.88. The second kappa shape index (κ2) is 6.39. The number of benzene rings is 1. The minimum Gasteiger partial charge on any atom is -0.358 e. The Morgan fingerprint density at radius 1 is 1.42 bits per heavy atom. The zero-order valence-electron chi connectivity index (χ0n) is 11.3. The van der Waals surface area contributed by atoms with E-state index in [1.165, 1.54) is 0 Å². The van der Waals surface area contributed by atoms with Gasteiger partial charge in [0, 0.05) is 29.3 Å². The van der Waals surface area contributed by atoms with Gasteiger partial charge in [0.2, 0.25) is 5.91 Å². The first-order valence-electron chi connectivity index (χ1n) is 6.59. The van der Waals surface area contributed by atoms with Crippen LogP contribution in [0.3, 0.4) is 0 Å². The number of halogens is 1. The van der Waals surface area contributed by atoms with E-state index in [0.29, 0.717) is 6.54 Å². The van der Waals surface area contributed by atoms with E-state index in [-0.39, 0.29) is 18.0 Å². The molecular formula is C14H20BrN3O. The lowest BCUT2D eigenvalue weighted by atomic mass is 10.2. The van der Waals surface area contributed by atoms with E-state index >= 15 is 0 Å². The highest BCUT2D eigenvalue weighted by Gasteiger charge is 2.29. The molecule has 1 fully saturated rings. The van der Waals surface area contributed by atoms with Gasteiger partial charge in [-0.2, -0.15) is 0 Å². The fourth-order valence-corrected chi connectivity index (χ4v) is 2.64. The number of carbonyl (C=O) groups excluding carboxylic acids is 1.